The van der Waals surface area contributed by atoms with Gasteiger partial charge in [0.25, 0.3) is 0 Å². The summed E-state index contributed by atoms with van der Waals surface area (Å²) in [5, 5.41) is 6.45. The summed E-state index contributed by atoms with van der Waals surface area (Å²) in [6.45, 7) is 7.56. The smallest absolute Gasteiger partial charge is 0.213 e. The van der Waals surface area contributed by atoms with Crippen LogP contribution in [0.2, 0.25) is 0 Å². The number of nitrogens with zero attached hydrogens (tertiary/aromatic N) is 3. The molecule has 0 saturated heterocycles. The SMILES string of the molecule is CN=C(NCCc1ccccn1)NCc1ncc(C(C)(C)C)o1.I. The van der Waals surface area contributed by atoms with Crippen molar-refractivity contribution in [3.8, 4) is 0 Å². The third kappa shape index (κ3) is 6.46. The number of pyridine rings is 1. The Balaban J connectivity index is 0.00000288. The molecule has 0 aliphatic rings. The van der Waals surface area contributed by atoms with Crippen LogP contribution in [-0.2, 0) is 18.4 Å². The molecule has 7 heteroatoms. The van der Waals surface area contributed by atoms with Gasteiger partial charge in [0, 0.05) is 37.3 Å². The zero-order valence-electron chi connectivity index (χ0n) is 14.7. The normalized spacial score (nSPS) is 11.8. The number of hydrogen-bond donors (Lipinski definition) is 2. The molecule has 2 rings (SSSR count). The molecule has 6 nitrogen and oxygen atoms in total. The number of hydrogen-bond acceptors (Lipinski definition) is 4. The van der Waals surface area contributed by atoms with Crippen molar-refractivity contribution in [3.63, 3.8) is 0 Å². The first-order valence-corrected chi connectivity index (χ1v) is 7.78. The Kier molecular flexibility index (Phi) is 8.17. The lowest BCUT2D eigenvalue weighted by Crippen LogP contribution is -2.38. The third-order valence-electron chi connectivity index (χ3n) is 3.32. The second-order valence-electron chi connectivity index (χ2n) is 6.29. The van der Waals surface area contributed by atoms with Gasteiger partial charge in [-0.3, -0.25) is 9.98 Å². The highest BCUT2D eigenvalue weighted by Gasteiger charge is 2.19. The molecule has 0 spiro atoms. The van der Waals surface area contributed by atoms with Crippen molar-refractivity contribution in [2.24, 2.45) is 4.99 Å². The molecule has 2 aromatic heterocycles. The van der Waals surface area contributed by atoms with Crippen LogP contribution in [0.15, 0.2) is 40.0 Å². The Morgan fingerprint density at radius 3 is 2.58 bits per heavy atom. The molecule has 0 amide bonds. The molecule has 0 bridgehead atoms. The van der Waals surface area contributed by atoms with Gasteiger partial charge in [-0.2, -0.15) is 0 Å². The molecule has 0 unspecified atom stereocenters. The van der Waals surface area contributed by atoms with E-state index >= 15 is 0 Å². The van der Waals surface area contributed by atoms with Gasteiger partial charge in [-0.1, -0.05) is 26.8 Å². The van der Waals surface area contributed by atoms with Crippen molar-refractivity contribution in [3.05, 3.63) is 47.9 Å². The minimum atomic E-state index is -0.0339. The van der Waals surface area contributed by atoms with Crippen LogP contribution < -0.4 is 10.6 Å². The first-order chi connectivity index (χ1) is 11.0. The Morgan fingerprint density at radius 2 is 2.00 bits per heavy atom. The molecule has 0 fully saturated rings. The lowest BCUT2D eigenvalue weighted by atomic mass is 9.94. The number of halogens is 1. The Labute approximate surface area is 160 Å². The van der Waals surface area contributed by atoms with Crippen LogP contribution in [0.4, 0.5) is 0 Å². The molecule has 0 aliphatic carbocycles. The number of aliphatic imine (C=N–C) groups is 1. The molecule has 24 heavy (non-hydrogen) atoms. The molecular formula is C17H26IN5O. The van der Waals surface area contributed by atoms with E-state index < -0.39 is 0 Å². The Morgan fingerprint density at radius 1 is 1.21 bits per heavy atom. The summed E-state index contributed by atoms with van der Waals surface area (Å²) in [4.78, 5) is 12.8. The summed E-state index contributed by atoms with van der Waals surface area (Å²) >= 11 is 0. The van der Waals surface area contributed by atoms with Gasteiger partial charge in [0.05, 0.1) is 12.7 Å². The number of aromatic nitrogens is 2. The number of rotatable bonds is 5. The van der Waals surface area contributed by atoms with E-state index in [-0.39, 0.29) is 29.4 Å². The summed E-state index contributed by atoms with van der Waals surface area (Å²) in [7, 11) is 1.74. The van der Waals surface area contributed by atoms with Crippen molar-refractivity contribution in [2.45, 2.75) is 39.2 Å². The van der Waals surface area contributed by atoms with E-state index in [9.17, 15) is 0 Å². The average molecular weight is 443 g/mol. The van der Waals surface area contributed by atoms with Crippen LogP contribution in [0.3, 0.4) is 0 Å². The highest BCUT2D eigenvalue weighted by molar-refractivity contribution is 14.0. The molecule has 0 atom stereocenters. The molecule has 0 saturated carbocycles. The molecule has 0 aromatic carbocycles. The second-order valence-corrected chi connectivity index (χ2v) is 6.29. The molecule has 0 aliphatic heterocycles. The third-order valence-corrected chi connectivity index (χ3v) is 3.32. The number of guanidine groups is 1. The quantitative estimate of drug-likeness (QED) is 0.422. The van der Waals surface area contributed by atoms with Crippen LogP contribution in [0, 0.1) is 0 Å². The minimum Gasteiger partial charge on any atom is -0.443 e. The minimum absolute atomic E-state index is 0. The van der Waals surface area contributed by atoms with E-state index in [4.69, 9.17) is 4.42 Å². The summed E-state index contributed by atoms with van der Waals surface area (Å²) in [5.41, 5.74) is 1.02. The Hall–Kier alpha value is -1.64. The molecule has 2 aromatic rings. The van der Waals surface area contributed by atoms with Gasteiger partial charge in [0.15, 0.2) is 5.96 Å². The maximum atomic E-state index is 5.75. The van der Waals surface area contributed by atoms with Gasteiger partial charge in [-0.15, -0.1) is 24.0 Å². The molecule has 2 N–H and O–H groups in total. The van der Waals surface area contributed by atoms with E-state index in [0.29, 0.717) is 12.4 Å². The van der Waals surface area contributed by atoms with Gasteiger partial charge >= 0.3 is 0 Å². The van der Waals surface area contributed by atoms with E-state index in [1.54, 1.807) is 19.4 Å². The van der Waals surface area contributed by atoms with Gasteiger partial charge in [-0.05, 0) is 12.1 Å². The van der Waals surface area contributed by atoms with Crippen LogP contribution in [0.1, 0.15) is 38.1 Å². The second kappa shape index (κ2) is 9.61. The van der Waals surface area contributed by atoms with E-state index in [1.807, 2.05) is 18.2 Å². The van der Waals surface area contributed by atoms with E-state index in [0.717, 1.165) is 30.4 Å². The summed E-state index contributed by atoms with van der Waals surface area (Å²) in [6.07, 6.45) is 4.43. The molecule has 132 valence electrons. The fourth-order valence-corrected chi connectivity index (χ4v) is 1.97. The topological polar surface area (TPSA) is 75.3 Å². The van der Waals surface area contributed by atoms with Crippen LogP contribution in [0.5, 0.6) is 0 Å². The van der Waals surface area contributed by atoms with Crippen molar-refractivity contribution in [1.82, 2.24) is 20.6 Å². The first-order valence-electron chi connectivity index (χ1n) is 7.78. The Bertz CT molecular complexity index is 634. The lowest BCUT2D eigenvalue weighted by Gasteiger charge is -2.13. The van der Waals surface area contributed by atoms with Gasteiger partial charge in [0.1, 0.15) is 5.76 Å². The molecular weight excluding hydrogens is 417 g/mol. The first kappa shape index (κ1) is 20.4. The van der Waals surface area contributed by atoms with Crippen molar-refractivity contribution < 1.29 is 4.42 Å². The van der Waals surface area contributed by atoms with Crippen molar-refractivity contribution in [1.29, 1.82) is 0 Å². The van der Waals surface area contributed by atoms with E-state index in [1.165, 1.54) is 0 Å². The molecule has 2 heterocycles. The largest absolute Gasteiger partial charge is 0.443 e. The maximum Gasteiger partial charge on any atom is 0.213 e. The fraction of sp³-hybridized carbons (Fsp3) is 0.471. The zero-order valence-corrected chi connectivity index (χ0v) is 17.0. The standard InChI is InChI=1S/C17H25N5O.HI/c1-17(2,3)14-11-21-15(23-14)12-22-16(18-4)20-10-8-13-7-5-6-9-19-13;/h5-7,9,11H,8,10,12H2,1-4H3,(H2,18,20,22);1H. The highest BCUT2D eigenvalue weighted by atomic mass is 127. The highest BCUT2D eigenvalue weighted by Crippen LogP contribution is 2.22. The van der Waals surface area contributed by atoms with Gasteiger partial charge < -0.3 is 15.1 Å². The monoisotopic (exact) mass is 443 g/mol. The van der Waals surface area contributed by atoms with Gasteiger partial charge in [-0.25, -0.2) is 4.98 Å². The predicted octanol–water partition coefficient (Wildman–Crippen LogP) is 2.89. The summed E-state index contributed by atoms with van der Waals surface area (Å²) in [5.74, 6) is 2.26. The number of oxazole rings is 1. The lowest BCUT2D eigenvalue weighted by molar-refractivity contribution is 0.379. The van der Waals surface area contributed by atoms with E-state index in [2.05, 4.69) is 46.4 Å². The summed E-state index contributed by atoms with van der Waals surface area (Å²) in [6, 6.07) is 5.92. The maximum absolute atomic E-state index is 5.75. The van der Waals surface area contributed by atoms with Crippen LogP contribution in [-0.4, -0.2) is 29.5 Å². The fourth-order valence-electron chi connectivity index (χ4n) is 1.97. The van der Waals surface area contributed by atoms with Crippen LogP contribution >= 0.6 is 24.0 Å². The predicted molar refractivity (Wildman–Crippen MR) is 107 cm³/mol. The number of nitrogens with one attached hydrogen (secondary N) is 2. The van der Waals surface area contributed by atoms with Crippen molar-refractivity contribution in [2.75, 3.05) is 13.6 Å². The zero-order chi connectivity index (χ0) is 16.7. The average Bonchev–Trinajstić information content (AvgIpc) is 3.01. The van der Waals surface area contributed by atoms with Crippen molar-refractivity contribution >= 4 is 29.9 Å². The summed E-state index contributed by atoms with van der Waals surface area (Å²) < 4.78 is 5.75. The van der Waals surface area contributed by atoms with Crippen LogP contribution in [0.25, 0.3) is 0 Å². The van der Waals surface area contributed by atoms with Gasteiger partial charge in [0.2, 0.25) is 5.89 Å². The molecule has 0 radical (unpaired) electrons.